The highest BCUT2D eigenvalue weighted by molar-refractivity contribution is 5.99. The van der Waals surface area contributed by atoms with Crippen LogP contribution < -0.4 is 4.74 Å². The van der Waals surface area contributed by atoms with E-state index in [0.29, 0.717) is 5.56 Å². The molecule has 2 aromatic carbocycles. The number of fused-ring (bicyclic) bond motifs is 3. The number of carbonyl (C=O) groups is 1. The summed E-state index contributed by atoms with van der Waals surface area (Å²) in [6.45, 7) is 3.93. The summed E-state index contributed by atoms with van der Waals surface area (Å²) in [6, 6.07) is 17.3. The zero-order chi connectivity index (χ0) is 16.9. The van der Waals surface area contributed by atoms with Gasteiger partial charge in [0.15, 0.2) is 0 Å². The Labute approximate surface area is 139 Å². The Hall–Kier alpha value is -3.01. The van der Waals surface area contributed by atoms with Gasteiger partial charge in [0.25, 0.3) is 0 Å². The van der Waals surface area contributed by atoms with Gasteiger partial charge in [-0.25, -0.2) is 4.79 Å². The van der Waals surface area contributed by atoms with Gasteiger partial charge < -0.3 is 14.8 Å². The van der Waals surface area contributed by atoms with Gasteiger partial charge in [-0.1, -0.05) is 42.5 Å². The van der Waals surface area contributed by atoms with Gasteiger partial charge in [-0.2, -0.15) is 0 Å². The van der Waals surface area contributed by atoms with Crippen molar-refractivity contribution in [2.75, 3.05) is 0 Å². The third-order valence-corrected chi connectivity index (χ3v) is 4.40. The van der Waals surface area contributed by atoms with Crippen LogP contribution in [0.2, 0.25) is 0 Å². The van der Waals surface area contributed by atoms with Crippen LogP contribution in [0.15, 0.2) is 54.6 Å². The molecule has 3 aromatic rings. The second-order valence-corrected chi connectivity index (χ2v) is 6.40. The average Bonchev–Trinajstić information content (AvgIpc) is 2.97. The van der Waals surface area contributed by atoms with Crippen molar-refractivity contribution in [2.45, 2.75) is 19.4 Å². The second-order valence-electron chi connectivity index (χ2n) is 6.40. The molecule has 0 radical (unpaired) electrons. The Kier molecular flexibility index (Phi) is 3.03. The molecule has 0 atom stereocenters. The van der Waals surface area contributed by atoms with Gasteiger partial charge in [-0.3, -0.25) is 0 Å². The highest BCUT2D eigenvalue weighted by Gasteiger charge is 2.39. The molecule has 0 spiro atoms. The van der Waals surface area contributed by atoms with Crippen LogP contribution >= 0.6 is 0 Å². The van der Waals surface area contributed by atoms with Crippen LogP contribution in [0, 0.1) is 0 Å². The van der Waals surface area contributed by atoms with E-state index >= 15 is 0 Å². The summed E-state index contributed by atoms with van der Waals surface area (Å²) < 4.78 is 6.19. The fourth-order valence-corrected chi connectivity index (χ4v) is 3.45. The van der Waals surface area contributed by atoms with Gasteiger partial charge >= 0.3 is 5.97 Å². The molecule has 4 rings (SSSR count). The number of H-pyrrole nitrogens is 1. The lowest BCUT2D eigenvalue weighted by molar-refractivity contribution is 0.0692. The number of hydrogen-bond donors (Lipinski definition) is 2. The summed E-state index contributed by atoms with van der Waals surface area (Å²) in [6.07, 6.45) is 0. The van der Waals surface area contributed by atoms with Gasteiger partial charge in [0.1, 0.15) is 17.0 Å². The number of rotatable bonds is 2. The zero-order valence-corrected chi connectivity index (χ0v) is 13.5. The zero-order valence-electron chi connectivity index (χ0n) is 13.5. The van der Waals surface area contributed by atoms with Crippen molar-refractivity contribution in [3.05, 3.63) is 65.9 Å². The number of carboxylic acids is 1. The fourth-order valence-electron chi connectivity index (χ4n) is 3.45. The quantitative estimate of drug-likeness (QED) is 0.721. The molecule has 0 amide bonds. The molecular formula is C20H17NO3. The first-order valence-electron chi connectivity index (χ1n) is 7.82. The SMILES string of the molecule is CC1(C)Oc2ccccc2-c2[nH]c(C(=O)O)c(-c3ccccc3)c21. The number of nitrogens with one attached hydrogen (secondary N) is 1. The molecule has 24 heavy (non-hydrogen) atoms. The predicted molar refractivity (Wildman–Crippen MR) is 92.3 cm³/mol. The first kappa shape index (κ1) is 14.6. The monoisotopic (exact) mass is 319 g/mol. The van der Waals surface area contributed by atoms with Crippen LogP contribution in [0.1, 0.15) is 29.9 Å². The molecule has 0 bridgehead atoms. The van der Waals surface area contributed by atoms with Gasteiger partial charge in [0.05, 0.1) is 5.69 Å². The number of benzene rings is 2. The van der Waals surface area contributed by atoms with E-state index in [-0.39, 0.29) is 5.69 Å². The summed E-state index contributed by atoms with van der Waals surface area (Å²) >= 11 is 0. The number of ether oxygens (including phenoxy) is 1. The normalized spacial score (nSPS) is 14.4. The Balaban J connectivity index is 2.10. The molecule has 2 N–H and O–H groups in total. The third-order valence-electron chi connectivity index (χ3n) is 4.40. The van der Waals surface area contributed by atoms with Crippen molar-refractivity contribution in [1.82, 2.24) is 4.98 Å². The van der Waals surface area contributed by atoms with Gasteiger partial charge in [-0.05, 0) is 31.5 Å². The summed E-state index contributed by atoms with van der Waals surface area (Å²) in [5.74, 6) is -0.218. The highest BCUT2D eigenvalue weighted by atomic mass is 16.5. The molecule has 0 unspecified atom stereocenters. The number of aromatic amines is 1. The van der Waals surface area contributed by atoms with E-state index < -0.39 is 11.6 Å². The topological polar surface area (TPSA) is 62.3 Å². The lowest BCUT2D eigenvalue weighted by Gasteiger charge is -2.33. The fraction of sp³-hybridized carbons (Fsp3) is 0.150. The maximum Gasteiger partial charge on any atom is 0.352 e. The first-order chi connectivity index (χ1) is 11.5. The molecule has 0 saturated heterocycles. The summed E-state index contributed by atoms with van der Waals surface area (Å²) in [5.41, 5.74) is 3.69. The predicted octanol–water partition coefficient (Wildman–Crippen LogP) is 4.67. The number of hydrogen-bond acceptors (Lipinski definition) is 2. The van der Waals surface area contributed by atoms with Crippen LogP contribution in [0.5, 0.6) is 5.75 Å². The standard InChI is InChI=1S/C20H17NO3/c1-20(2)16-15(12-8-4-3-5-9-12)18(19(22)23)21-17(16)13-10-6-7-11-14(13)24-20/h3-11,21H,1-2H3,(H,22,23). The first-order valence-corrected chi connectivity index (χ1v) is 7.82. The Morgan fingerprint density at radius 3 is 2.42 bits per heavy atom. The van der Waals surface area contributed by atoms with E-state index in [1.807, 2.05) is 68.4 Å². The Morgan fingerprint density at radius 1 is 1.04 bits per heavy atom. The number of carboxylic acid groups (broad SMARTS) is 1. The maximum atomic E-state index is 11.9. The van der Waals surface area contributed by atoms with E-state index in [0.717, 1.165) is 28.1 Å². The van der Waals surface area contributed by atoms with Crippen molar-refractivity contribution in [2.24, 2.45) is 0 Å². The van der Waals surface area contributed by atoms with Gasteiger partial charge in [0, 0.05) is 16.7 Å². The van der Waals surface area contributed by atoms with Crippen molar-refractivity contribution in [1.29, 1.82) is 0 Å². The lowest BCUT2D eigenvalue weighted by atomic mass is 9.85. The molecule has 1 aromatic heterocycles. The van der Waals surface area contributed by atoms with Crippen molar-refractivity contribution >= 4 is 5.97 Å². The maximum absolute atomic E-state index is 11.9. The Morgan fingerprint density at radius 2 is 1.71 bits per heavy atom. The number of aromatic carboxylic acids is 1. The lowest BCUT2D eigenvalue weighted by Crippen LogP contribution is -2.29. The summed E-state index contributed by atoms with van der Waals surface area (Å²) in [5, 5.41) is 9.72. The van der Waals surface area contributed by atoms with Crippen LogP contribution in [0.4, 0.5) is 0 Å². The van der Waals surface area contributed by atoms with E-state index in [9.17, 15) is 9.90 Å². The molecular weight excluding hydrogens is 302 g/mol. The second kappa shape index (κ2) is 4.99. The molecule has 4 heteroatoms. The summed E-state index contributed by atoms with van der Waals surface area (Å²) in [7, 11) is 0. The molecule has 1 aliphatic rings. The van der Waals surface area contributed by atoms with E-state index in [1.165, 1.54) is 0 Å². The van der Waals surface area contributed by atoms with Crippen LogP contribution in [-0.2, 0) is 5.60 Å². The molecule has 1 aliphatic heterocycles. The molecule has 0 saturated carbocycles. The van der Waals surface area contributed by atoms with Crippen LogP contribution in [-0.4, -0.2) is 16.1 Å². The smallest absolute Gasteiger partial charge is 0.352 e. The highest BCUT2D eigenvalue weighted by Crippen LogP contribution is 2.49. The van der Waals surface area contributed by atoms with E-state index in [4.69, 9.17) is 4.74 Å². The number of para-hydroxylation sites is 1. The third kappa shape index (κ3) is 2.03. The minimum absolute atomic E-state index is 0.194. The molecule has 4 nitrogen and oxygen atoms in total. The Bertz CT molecular complexity index is 939. The molecule has 2 heterocycles. The van der Waals surface area contributed by atoms with Crippen molar-refractivity contribution in [3.8, 4) is 28.1 Å². The largest absolute Gasteiger partial charge is 0.482 e. The van der Waals surface area contributed by atoms with E-state index in [1.54, 1.807) is 0 Å². The van der Waals surface area contributed by atoms with Gasteiger partial charge in [-0.15, -0.1) is 0 Å². The van der Waals surface area contributed by atoms with Gasteiger partial charge in [0.2, 0.25) is 0 Å². The average molecular weight is 319 g/mol. The van der Waals surface area contributed by atoms with E-state index in [2.05, 4.69) is 4.98 Å². The molecule has 0 aliphatic carbocycles. The van der Waals surface area contributed by atoms with Crippen LogP contribution in [0.25, 0.3) is 22.4 Å². The van der Waals surface area contributed by atoms with Crippen molar-refractivity contribution < 1.29 is 14.6 Å². The molecule has 0 fully saturated rings. The van der Waals surface area contributed by atoms with Crippen LogP contribution in [0.3, 0.4) is 0 Å². The number of aromatic nitrogens is 1. The minimum Gasteiger partial charge on any atom is -0.482 e. The minimum atomic E-state index is -0.975. The molecule has 120 valence electrons. The van der Waals surface area contributed by atoms with Crippen molar-refractivity contribution in [3.63, 3.8) is 0 Å². The summed E-state index contributed by atoms with van der Waals surface area (Å²) in [4.78, 5) is 15.0.